The average Bonchev–Trinajstić information content (AvgIpc) is 2.29. The standard InChI is InChI=1S/C13H18FN3/c1-3-17(9-5-8-15)12-7-4-6-11(14)13(12)10(2)16/h4,6-7,10H,3,5,9,16H2,1-2H3/t10-/m0/s1. The van der Waals surface area contributed by atoms with Crippen LogP contribution in [-0.4, -0.2) is 13.1 Å². The number of hydrogen-bond acceptors (Lipinski definition) is 3. The van der Waals surface area contributed by atoms with Crippen molar-refractivity contribution in [3.05, 3.63) is 29.6 Å². The van der Waals surface area contributed by atoms with Gasteiger partial charge in [0, 0.05) is 30.4 Å². The van der Waals surface area contributed by atoms with Gasteiger partial charge in [0.05, 0.1) is 12.5 Å². The van der Waals surface area contributed by atoms with E-state index in [1.54, 1.807) is 13.0 Å². The first-order valence-electron chi connectivity index (χ1n) is 5.77. The zero-order valence-electron chi connectivity index (χ0n) is 10.3. The second-order valence-electron chi connectivity index (χ2n) is 3.95. The predicted octanol–water partition coefficient (Wildman–Crippen LogP) is 2.59. The van der Waals surface area contributed by atoms with Gasteiger partial charge in [-0.1, -0.05) is 6.07 Å². The molecule has 0 fully saturated rings. The fourth-order valence-electron chi connectivity index (χ4n) is 1.89. The molecule has 0 aliphatic rings. The van der Waals surface area contributed by atoms with Gasteiger partial charge in [-0.25, -0.2) is 4.39 Å². The number of rotatable bonds is 5. The fraction of sp³-hybridized carbons (Fsp3) is 0.462. The van der Waals surface area contributed by atoms with E-state index in [-0.39, 0.29) is 11.9 Å². The largest absolute Gasteiger partial charge is 0.370 e. The Labute approximate surface area is 102 Å². The summed E-state index contributed by atoms with van der Waals surface area (Å²) in [7, 11) is 0. The van der Waals surface area contributed by atoms with Gasteiger partial charge >= 0.3 is 0 Å². The van der Waals surface area contributed by atoms with Crippen LogP contribution in [0, 0.1) is 17.1 Å². The molecule has 2 N–H and O–H groups in total. The van der Waals surface area contributed by atoms with Crippen molar-refractivity contribution in [2.45, 2.75) is 26.3 Å². The van der Waals surface area contributed by atoms with E-state index in [0.29, 0.717) is 18.5 Å². The highest BCUT2D eigenvalue weighted by Crippen LogP contribution is 2.27. The van der Waals surface area contributed by atoms with Gasteiger partial charge in [-0.15, -0.1) is 0 Å². The smallest absolute Gasteiger partial charge is 0.130 e. The van der Waals surface area contributed by atoms with Crippen molar-refractivity contribution in [1.29, 1.82) is 5.26 Å². The Balaban J connectivity index is 3.10. The van der Waals surface area contributed by atoms with Gasteiger partial charge in [0.1, 0.15) is 5.82 Å². The summed E-state index contributed by atoms with van der Waals surface area (Å²) >= 11 is 0. The molecule has 1 rings (SSSR count). The van der Waals surface area contributed by atoms with Gasteiger partial charge in [0.15, 0.2) is 0 Å². The molecule has 0 bridgehead atoms. The Morgan fingerprint density at radius 3 is 2.76 bits per heavy atom. The summed E-state index contributed by atoms with van der Waals surface area (Å²) in [5, 5.41) is 8.62. The molecule has 0 aromatic heterocycles. The number of benzene rings is 1. The number of nitriles is 1. The average molecular weight is 235 g/mol. The molecular weight excluding hydrogens is 217 g/mol. The molecule has 0 aliphatic heterocycles. The van der Waals surface area contributed by atoms with E-state index in [1.807, 2.05) is 17.9 Å². The zero-order chi connectivity index (χ0) is 12.8. The third kappa shape index (κ3) is 3.18. The van der Waals surface area contributed by atoms with E-state index >= 15 is 0 Å². The lowest BCUT2D eigenvalue weighted by atomic mass is 10.0. The van der Waals surface area contributed by atoms with Crippen LogP contribution in [-0.2, 0) is 0 Å². The topological polar surface area (TPSA) is 53.0 Å². The van der Waals surface area contributed by atoms with Crippen molar-refractivity contribution in [1.82, 2.24) is 0 Å². The zero-order valence-corrected chi connectivity index (χ0v) is 10.3. The maximum atomic E-state index is 13.7. The van der Waals surface area contributed by atoms with Crippen LogP contribution in [0.4, 0.5) is 10.1 Å². The summed E-state index contributed by atoms with van der Waals surface area (Å²) in [6, 6.07) is 6.68. The van der Waals surface area contributed by atoms with Crippen LogP contribution in [0.3, 0.4) is 0 Å². The molecule has 92 valence electrons. The molecule has 0 radical (unpaired) electrons. The number of anilines is 1. The SMILES string of the molecule is CCN(CCC#N)c1cccc(F)c1[C@H](C)N. The summed E-state index contributed by atoms with van der Waals surface area (Å²) in [6.45, 7) is 5.06. The van der Waals surface area contributed by atoms with Crippen molar-refractivity contribution >= 4 is 5.69 Å². The summed E-state index contributed by atoms with van der Waals surface area (Å²) in [6.07, 6.45) is 0.419. The van der Waals surface area contributed by atoms with E-state index in [0.717, 1.165) is 12.2 Å². The molecule has 1 atom stereocenters. The van der Waals surface area contributed by atoms with Crippen LogP contribution in [0.1, 0.15) is 31.9 Å². The summed E-state index contributed by atoms with van der Waals surface area (Å²) in [5.41, 5.74) is 7.12. The van der Waals surface area contributed by atoms with Crippen LogP contribution < -0.4 is 10.6 Å². The Bertz CT molecular complexity index is 410. The number of nitrogens with two attached hydrogens (primary N) is 1. The van der Waals surface area contributed by atoms with Crippen molar-refractivity contribution in [3.8, 4) is 6.07 Å². The van der Waals surface area contributed by atoms with Gasteiger partial charge in [0.2, 0.25) is 0 Å². The van der Waals surface area contributed by atoms with Gasteiger partial charge in [0.25, 0.3) is 0 Å². The lowest BCUT2D eigenvalue weighted by Crippen LogP contribution is -2.26. The first-order valence-corrected chi connectivity index (χ1v) is 5.77. The molecule has 1 aromatic rings. The highest BCUT2D eigenvalue weighted by molar-refractivity contribution is 5.55. The van der Waals surface area contributed by atoms with Crippen LogP contribution in [0.2, 0.25) is 0 Å². The molecule has 17 heavy (non-hydrogen) atoms. The van der Waals surface area contributed by atoms with Crippen molar-refractivity contribution < 1.29 is 4.39 Å². The molecule has 1 aromatic carbocycles. The molecule has 0 aliphatic carbocycles. The Morgan fingerprint density at radius 1 is 1.53 bits per heavy atom. The van der Waals surface area contributed by atoms with Crippen molar-refractivity contribution in [2.24, 2.45) is 5.73 Å². The minimum absolute atomic E-state index is 0.284. The molecule has 0 saturated heterocycles. The monoisotopic (exact) mass is 235 g/mol. The fourth-order valence-corrected chi connectivity index (χ4v) is 1.89. The highest BCUT2D eigenvalue weighted by Gasteiger charge is 2.16. The molecule has 3 nitrogen and oxygen atoms in total. The summed E-state index contributed by atoms with van der Waals surface area (Å²) in [5.74, 6) is -0.284. The predicted molar refractivity (Wildman–Crippen MR) is 67.1 cm³/mol. The van der Waals surface area contributed by atoms with E-state index in [1.165, 1.54) is 6.07 Å². The number of nitrogens with zero attached hydrogens (tertiary/aromatic N) is 2. The Kier molecular flexibility index (Phi) is 4.92. The van der Waals surface area contributed by atoms with Crippen molar-refractivity contribution in [2.75, 3.05) is 18.0 Å². The van der Waals surface area contributed by atoms with Crippen LogP contribution in [0.25, 0.3) is 0 Å². The lowest BCUT2D eigenvalue weighted by Gasteiger charge is -2.26. The van der Waals surface area contributed by atoms with E-state index < -0.39 is 0 Å². The minimum atomic E-state index is -0.359. The van der Waals surface area contributed by atoms with Gasteiger partial charge in [-0.05, 0) is 26.0 Å². The second-order valence-corrected chi connectivity index (χ2v) is 3.95. The molecular formula is C13H18FN3. The van der Waals surface area contributed by atoms with Gasteiger partial charge in [-0.3, -0.25) is 0 Å². The van der Waals surface area contributed by atoms with E-state index in [2.05, 4.69) is 6.07 Å². The highest BCUT2D eigenvalue weighted by atomic mass is 19.1. The Hall–Kier alpha value is -1.60. The third-order valence-electron chi connectivity index (χ3n) is 2.70. The first-order chi connectivity index (χ1) is 8.11. The second kappa shape index (κ2) is 6.21. The molecule has 4 heteroatoms. The number of hydrogen-bond donors (Lipinski definition) is 1. The summed E-state index contributed by atoms with van der Waals surface area (Å²) < 4.78 is 13.7. The molecule has 0 heterocycles. The van der Waals surface area contributed by atoms with E-state index in [9.17, 15) is 4.39 Å². The lowest BCUT2D eigenvalue weighted by molar-refractivity contribution is 0.591. The van der Waals surface area contributed by atoms with Gasteiger partial charge < -0.3 is 10.6 Å². The molecule has 0 saturated carbocycles. The van der Waals surface area contributed by atoms with Crippen LogP contribution >= 0.6 is 0 Å². The molecule has 0 unspecified atom stereocenters. The first kappa shape index (κ1) is 13.5. The van der Waals surface area contributed by atoms with Crippen LogP contribution in [0.15, 0.2) is 18.2 Å². The molecule has 0 spiro atoms. The van der Waals surface area contributed by atoms with E-state index in [4.69, 9.17) is 11.0 Å². The normalized spacial score (nSPS) is 11.9. The maximum Gasteiger partial charge on any atom is 0.130 e. The summed E-state index contributed by atoms with van der Waals surface area (Å²) in [4.78, 5) is 1.98. The minimum Gasteiger partial charge on any atom is -0.370 e. The van der Waals surface area contributed by atoms with Crippen molar-refractivity contribution in [3.63, 3.8) is 0 Å². The quantitative estimate of drug-likeness (QED) is 0.853. The maximum absolute atomic E-state index is 13.7. The molecule has 0 amide bonds. The van der Waals surface area contributed by atoms with Gasteiger partial charge in [-0.2, -0.15) is 5.26 Å². The van der Waals surface area contributed by atoms with Crippen LogP contribution in [0.5, 0.6) is 0 Å². The third-order valence-corrected chi connectivity index (χ3v) is 2.70. The number of halogens is 1. The Morgan fingerprint density at radius 2 is 2.24 bits per heavy atom.